The standard InChI is InChI=1S/C18H17N3O3/c1-23-18(22)16-11-15(5-4-14-3-2-6-19-12-14)13-20-17(16)21-7-9-24-10-8-21/h2-3,6,11-13H,7-10H2,1H3. The van der Waals surface area contributed by atoms with E-state index in [0.717, 1.165) is 5.56 Å². The van der Waals surface area contributed by atoms with Gasteiger partial charge in [-0.2, -0.15) is 0 Å². The number of aromatic nitrogens is 2. The van der Waals surface area contributed by atoms with Gasteiger partial charge in [-0.05, 0) is 18.2 Å². The first-order chi connectivity index (χ1) is 11.8. The van der Waals surface area contributed by atoms with E-state index in [0.29, 0.717) is 43.2 Å². The lowest BCUT2D eigenvalue weighted by Gasteiger charge is -2.28. The largest absolute Gasteiger partial charge is 0.465 e. The zero-order valence-electron chi connectivity index (χ0n) is 13.4. The van der Waals surface area contributed by atoms with E-state index in [-0.39, 0.29) is 0 Å². The Kier molecular flexibility index (Phi) is 5.04. The Morgan fingerprint density at radius 2 is 2.04 bits per heavy atom. The molecule has 0 radical (unpaired) electrons. The van der Waals surface area contributed by atoms with Gasteiger partial charge in [0.25, 0.3) is 0 Å². The molecule has 122 valence electrons. The number of esters is 1. The summed E-state index contributed by atoms with van der Waals surface area (Å²) in [6.07, 6.45) is 5.05. The smallest absolute Gasteiger partial charge is 0.341 e. The van der Waals surface area contributed by atoms with Gasteiger partial charge in [0.15, 0.2) is 0 Å². The lowest BCUT2D eigenvalue weighted by atomic mass is 10.1. The van der Waals surface area contributed by atoms with Gasteiger partial charge < -0.3 is 14.4 Å². The van der Waals surface area contributed by atoms with Crippen molar-refractivity contribution in [2.24, 2.45) is 0 Å². The fraction of sp³-hybridized carbons (Fsp3) is 0.278. The molecule has 6 heteroatoms. The summed E-state index contributed by atoms with van der Waals surface area (Å²) >= 11 is 0. The summed E-state index contributed by atoms with van der Waals surface area (Å²) in [5, 5.41) is 0. The van der Waals surface area contributed by atoms with Crippen LogP contribution in [0.1, 0.15) is 21.5 Å². The molecule has 0 unspecified atom stereocenters. The van der Waals surface area contributed by atoms with Gasteiger partial charge in [-0.1, -0.05) is 11.8 Å². The first-order valence-electron chi connectivity index (χ1n) is 7.61. The predicted octanol–water partition coefficient (Wildman–Crippen LogP) is 1.50. The number of morpholine rings is 1. The van der Waals surface area contributed by atoms with Crippen molar-refractivity contribution in [3.05, 3.63) is 53.5 Å². The zero-order chi connectivity index (χ0) is 16.8. The van der Waals surface area contributed by atoms with E-state index in [4.69, 9.17) is 9.47 Å². The van der Waals surface area contributed by atoms with E-state index in [2.05, 4.69) is 21.8 Å². The Hall–Kier alpha value is -2.91. The van der Waals surface area contributed by atoms with Crippen LogP contribution in [0.4, 0.5) is 5.82 Å². The fourth-order valence-corrected chi connectivity index (χ4v) is 2.39. The molecule has 0 aliphatic carbocycles. The van der Waals surface area contributed by atoms with Crippen molar-refractivity contribution in [1.82, 2.24) is 9.97 Å². The van der Waals surface area contributed by atoms with Crippen molar-refractivity contribution in [1.29, 1.82) is 0 Å². The molecule has 0 saturated carbocycles. The van der Waals surface area contributed by atoms with Crippen LogP contribution < -0.4 is 4.90 Å². The van der Waals surface area contributed by atoms with Crippen molar-refractivity contribution < 1.29 is 14.3 Å². The van der Waals surface area contributed by atoms with Crippen LogP contribution in [0.2, 0.25) is 0 Å². The number of carbonyl (C=O) groups excluding carboxylic acids is 1. The highest BCUT2D eigenvalue weighted by atomic mass is 16.5. The number of carbonyl (C=O) groups is 1. The van der Waals surface area contributed by atoms with Crippen LogP contribution in [0.3, 0.4) is 0 Å². The molecule has 24 heavy (non-hydrogen) atoms. The summed E-state index contributed by atoms with van der Waals surface area (Å²) in [7, 11) is 1.36. The second-order valence-electron chi connectivity index (χ2n) is 5.18. The molecule has 1 saturated heterocycles. The number of pyridine rings is 2. The molecule has 0 bridgehead atoms. The summed E-state index contributed by atoms with van der Waals surface area (Å²) in [6, 6.07) is 5.41. The van der Waals surface area contributed by atoms with Crippen molar-refractivity contribution in [2.45, 2.75) is 0 Å². The highest BCUT2D eigenvalue weighted by Gasteiger charge is 2.21. The molecule has 1 aliphatic rings. The van der Waals surface area contributed by atoms with Gasteiger partial charge in [-0.15, -0.1) is 0 Å². The second kappa shape index (κ2) is 7.57. The molecular formula is C18H17N3O3. The zero-order valence-corrected chi connectivity index (χ0v) is 13.4. The minimum absolute atomic E-state index is 0.414. The molecule has 3 rings (SSSR count). The second-order valence-corrected chi connectivity index (χ2v) is 5.18. The van der Waals surface area contributed by atoms with Gasteiger partial charge in [-0.25, -0.2) is 9.78 Å². The monoisotopic (exact) mass is 323 g/mol. The maximum atomic E-state index is 12.1. The lowest BCUT2D eigenvalue weighted by Crippen LogP contribution is -2.37. The molecule has 0 atom stereocenters. The molecule has 1 fully saturated rings. The lowest BCUT2D eigenvalue weighted by molar-refractivity contribution is 0.0600. The molecule has 0 spiro atoms. The SMILES string of the molecule is COC(=O)c1cc(C#Cc2cccnc2)cnc1N1CCOCC1. The maximum Gasteiger partial charge on any atom is 0.341 e. The van der Waals surface area contributed by atoms with E-state index in [1.165, 1.54) is 7.11 Å². The molecule has 2 aromatic heterocycles. The third-order valence-corrected chi connectivity index (χ3v) is 3.60. The van der Waals surface area contributed by atoms with Crippen LogP contribution in [0.15, 0.2) is 36.8 Å². The Labute approximate surface area is 140 Å². The minimum atomic E-state index is -0.422. The summed E-state index contributed by atoms with van der Waals surface area (Å²) in [5.41, 5.74) is 1.86. The molecule has 6 nitrogen and oxygen atoms in total. The van der Waals surface area contributed by atoms with E-state index < -0.39 is 5.97 Å². The molecule has 0 N–H and O–H groups in total. The number of hydrogen-bond acceptors (Lipinski definition) is 6. The summed E-state index contributed by atoms with van der Waals surface area (Å²) < 4.78 is 10.2. The molecule has 3 heterocycles. The first-order valence-corrected chi connectivity index (χ1v) is 7.61. The van der Waals surface area contributed by atoms with Gasteiger partial charge in [0, 0.05) is 42.8 Å². The van der Waals surface area contributed by atoms with E-state index in [9.17, 15) is 4.79 Å². The highest BCUT2D eigenvalue weighted by molar-refractivity contribution is 5.95. The minimum Gasteiger partial charge on any atom is -0.465 e. The Morgan fingerprint density at radius 1 is 1.25 bits per heavy atom. The van der Waals surface area contributed by atoms with Crippen LogP contribution in [0.25, 0.3) is 0 Å². The topological polar surface area (TPSA) is 64.5 Å². The van der Waals surface area contributed by atoms with Crippen molar-refractivity contribution in [3.63, 3.8) is 0 Å². The summed E-state index contributed by atoms with van der Waals surface area (Å²) in [5.74, 6) is 6.20. The molecule has 2 aromatic rings. The van der Waals surface area contributed by atoms with Gasteiger partial charge in [0.05, 0.1) is 20.3 Å². The Balaban J connectivity index is 1.92. The predicted molar refractivity (Wildman–Crippen MR) is 88.8 cm³/mol. The van der Waals surface area contributed by atoms with Gasteiger partial charge in [0.2, 0.25) is 0 Å². The number of nitrogens with zero attached hydrogens (tertiary/aromatic N) is 3. The van der Waals surface area contributed by atoms with Crippen molar-refractivity contribution in [3.8, 4) is 11.8 Å². The summed E-state index contributed by atoms with van der Waals surface area (Å²) in [6.45, 7) is 2.62. The molecular weight excluding hydrogens is 306 g/mol. The van der Waals surface area contributed by atoms with Crippen LogP contribution in [-0.2, 0) is 9.47 Å². The average molecular weight is 323 g/mol. The van der Waals surface area contributed by atoms with Gasteiger partial charge in [-0.3, -0.25) is 4.98 Å². The Bertz CT molecular complexity index is 775. The van der Waals surface area contributed by atoms with Crippen LogP contribution in [0.5, 0.6) is 0 Å². The van der Waals surface area contributed by atoms with Crippen molar-refractivity contribution >= 4 is 11.8 Å². The number of anilines is 1. The van der Waals surface area contributed by atoms with E-state index in [1.54, 1.807) is 24.7 Å². The average Bonchev–Trinajstić information content (AvgIpc) is 2.67. The number of methoxy groups -OCH3 is 1. The van der Waals surface area contributed by atoms with Crippen LogP contribution >= 0.6 is 0 Å². The quantitative estimate of drug-likeness (QED) is 0.616. The number of ether oxygens (including phenoxy) is 2. The molecule has 0 aromatic carbocycles. The number of hydrogen-bond donors (Lipinski definition) is 0. The van der Waals surface area contributed by atoms with Gasteiger partial charge >= 0.3 is 5.97 Å². The van der Waals surface area contributed by atoms with E-state index in [1.807, 2.05) is 17.0 Å². The molecule has 1 aliphatic heterocycles. The number of rotatable bonds is 2. The normalized spacial score (nSPS) is 13.8. The third-order valence-electron chi connectivity index (χ3n) is 3.60. The fourth-order valence-electron chi connectivity index (χ4n) is 2.39. The third kappa shape index (κ3) is 3.70. The maximum absolute atomic E-state index is 12.1. The Morgan fingerprint density at radius 3 is 2.75 bits per heavy atom. The van der Waals surface area contributed by atoms with Crippen molar-refractivity contribution in [2.75, 3.05) is 38.3 Å². The van der Waals surface area contributed by atoms with E-state index >= 15 is 0 Å². The summed E-state index contributed by atoms with van der Waals surface area (Å²) in [4.78, 5) is 22.6. The van der Waals surface area contributed by atoms with Crippen LogP contribution in [-0.4, -0.2) is 49.4 Å². The molecule has 0 amide bonds. The van der Waals surface area contributed by atoms with Gasteiger partial charge in [0.1, 0.15) is 11.4 Å². The highest BCUT2D eigenvalue weighted by Crippen LogP contribution is 2.21. The first kappa shape index (κ1) is 16.0. The van der Waals surface area contributed by atoms with Crippen LogP contribution in [0, 0.1) is 11.8 Å².